The Bertz CT molecular complexity index is 1090. The van der Waals surface area contributed by atoms with Crippen LogP contribution in [0.4, 0.5) is 5.82 Å². The normalized spacial score (nSPS) is 11.6. The molecule has 0 aliphatic rings. The van der Waals surface area contributed by atoms with Crippen molar-refractivity contribution in [2.45, 2.75) is 0 Å². The molecule has 0 amide bonds. The first kappa shape index (κ1) is 15.7. The summed E-state index contributed by atoms with van der Waals surface area (Å²) in [5.41, 5.74) is 1.72. The summed E-state index contributed by atoms with van der Waals surface area (Å²) in [5.74, 6) is 1.23. The van der Waals surface area contributed by atoms with Crippen molar-refractivity contribution in [1.82, 2.24) is 9.38 Å². The molecule has 0 saturated heterocycles. The lowest BCUT2D eigenvalue weighted by molar-refractivity contribution is 0.474. The molecule has 3 aromatic heterocycles. The third-order valence-electron chi connectivity index (χ3n) is 3.63. The molecule has 0 radical (unpaired) electrons. The number of aliphatic imine (C=N–C) groups is 1. The summed E-state index contributed by atoms with van der Waals surface area (Å²) in [5, 5.41) is 11.0. The van der Waals surface area contributed by atoms with Crippen molar-refractivity contribution in [3.8, 4) is 17.2 Å². The Morgan fingerprint density at radius 1 is 1.12 bits per heavy atom. The zero-order valence-corrected chi connectivity index (χ0v) is 14.2. The summed E-state index contributed by atoms with van der Waals surface area (Å²) in [4.78, 5) is 9.06. The molecule has 0 saturated carbocycles. The number of phenols is 1. The van der Waals surface area contributed by atoms with Gasteiger partial charge in [0.05, 0.1) is 6.26 Å². The average molecular weight is 372 g/mol. The predicted molar refractivity (Wildman–Crippen MR) is 98.3 cm³/mol. The van der Waals surface area contributed by atoms with Crippen molar-refractivity contribution >= 4 is 40.9 Å². The number of hydrogen-bond acceptors (Lipinski definition) is 4. The van der Waals surface area contributed by atoms with Crippen molar-refractivity contribution in [2.75, 3.05) is 0 Å². The molecule has 3 heterocycles. The molecule has 0 aliphatic heterocycles. The average Bonchev–Trinajstić information content (AvgIpc) is 3.22. The number of aromatic nitrogens is 2. The lowest BCUT2D eigenvalue weighted by Crippen LogP contribution is -1.86. The van der Waals surface area contributed by atoms with Crippen LogP contribution in [-0.2, 0) is 0 Å². The smallest absolute Gasteiger partial charge is 0.168 e. The number of halogens is 2. The third kappa shape index (κ3) is 2.99. The zero-order chi connectivity index (χ0) is 17.4. The second kappa shape index (κ2) is 6.27. The first-order valence-electron chi connectivity index (χ1n) is 7.36. The van der Waals surface area contributed by atoms with E-state index in [0.717, 1.165) is 0 Å². The highest BCUT2D eigenvalue weighted by Crippen LogP contribution is 2.32. The van der Waals surface area contributed by atoms with Gasteiger partial charge in [0.1, 0.15) is 11.4 Å². The monoisotopic (exact) mass is 371 g/mol. The Kier molecular flexibility index (Phi) is 3.95. The number of phenolic OH excluding ortho intramolecular Hbond substituents is 1. The van der Waals surface area contributed by atoms with Crippen LogP contribution >= 0.6 is 23.2 Å². The molecule has 0 unspecified atom stereocenters. The van der Waals surface area contributed by atoms with Crippen LogP contribution in [-0.4, -0.2) is 20.7 Å². The number of pyridine rings is 1. The van der Waals surface area contributed by atoms with E-state index in [1.54, 1.807) is 53.3 Å². The molecule has 4 rings (SSSR count). The summed E-state index contributed by atoms with van der Waals surface area (Å²) in [6.07, 6.45) is 4.88. The molecule has 1 N–H and O–H groups in total. The Hall–Kier alpha value is -2.76. The Labute approximate surface area is 152 Å². The number of aromatic hydroxyl groups is 1. The standard InChI is InChI=1S/C18H11Cl2N3O2/c19-12-3-4-14(24)11(8-12)10-21-18-17(15-2-1-7-25-15)22-16-9-13(20)5-6-23(16)18/h1-10,24H/b21-10+. The fourth-order valence-corrected chi connectivity index (χ4v) is 2.80. The molecule has 4 aromatic rings. The summed E-state index contributed by atoms with van der Waals surface area (Å²) < 4.78 is 7.26. The van der Waals surface area contributed by atoms with Crippen molar-refractivity contribution in [2.24, 2.45) is 4.99 Å². The highest BCUT2D eigenvalue weighted by atomic mass is 35.5. The van der Waals surface area contributed by atoms with Crippen molar-refractivity contribution in [1.29, 1.82) is 0 Å². The predicted octanol–water partition coefficient (Wildman–Crippen LogP) is 5.36. The summed E-state index contributed by atoms with van der Waals surface area (Å²) >= 11 is 12.0. The van der Waals surface area contributed by atoms with Gasteiger partial charge in [-0.2, -0.15) is 0 Å². The molecule has 1 aromatic carbocycles. The minimum atomic E-state index is 0.0876. The molecule has 0 atom stereocenters. The Morgan fingerprint density at radius 2 is 1.96 bits per heavy atom. The van der Waals surface area contributed by atoms with Crippen molar-refractivity contribution < 1.29 is 9.52 Å². The molecule has 124 valence electrons. The van der Waals surface area contributed by atoms with Gasteiger partial charge in [-0.05, 0) is 36.4 Å². The van der Waals surface area contributed by atoms with Crippen LogP contribution in [0.25, 0.3) is 17.1 Å². The molecular formula is C18H11Cl2N3O2. The van der Waals surface area contributed by atoms with Gasteiger partial charge in [0, 0.05) is 34.1 Å². The van der Waals surface area contributed by atoms with E-state index in [2.05, 4.69) is 9.98 Å². The first-order valence-corrected chi connectivity index (χ1v) is 8.11. The lowest BCUT2D eigenvalue weighted by Gasteiger charge is -2.01. The van der Waals surface area contributed by atoms with Gasteiger partial charge in [0.2, 0.25) is 0 Å². The maximum absolute atomic E-state index is 9.96. The molecule has 5 nitrogen and oxygen atoms in total. The highest BCUT2D eigenvalue weighted by molar-refractivity contribution is 6.31. The number of fused-ring (bicyclic) bond motifs is 1. The summed E-state index contributed by atoms with van der Waals surface area (Å²) in [7, 11) is 0. The second-order valence-electron chi connectivity index (χ2n) is 5.30. The van der Waals surface area contributed by atoms with Gasteiger partial charge in [-0.3, -0.25) is 4.40 Å². The van der Waals surface area contributed by atoms with E-state index in [9.17, 15) is 5.11 Å². The van der Waals surface area contributed by atoms with Crippen LogP contribution in [0.3, 0.4) is 0 Å². The van der Waals surface area contributed by atoms with E-state index >= 15 is 0 Å². The fraction of sp³-hybridized carbons (Fsp3) is 0. The van der Waals surface area contributed by atoms with Crippen molar-refractivity contribution in [3.05, 3.63) is 70.5 Å². The minimum absolute atomic E-state index is 0.0876. The van der Waals surface area contributed by atoms with Gasteiger partial charge in [-0.15, -0.1) is 0 Å². The quantitative estimate of drug-likeness (QED) is 0.493. The number of rotatable bonds is 3. The van der Waals surface area contributed by atoms with Gasteiger partial charge in [0.25, 0.3) is 0 Å². The van der Waals surface area contributed by atoms with Crippen LogP contribution in [0.1, 0.15) is 5.56 Å². The van der Waals surface area contributed by atoms with E-state index in [0.29, 0.717) is 38.5 Å². The number of furan rings is 1. The van der Waals surface area contributed by atoms with Crippen LogP contribution < -0.4 is 0 Å². The van der Waals surface area contributed by atoms with Gasteiger partial charge in [-0.25, -0.2) is 9.98 Å². The van der Waals surface area contributed by atoms with Gasteiger partial charge < -0.3 is 9.52 Å². The van der Waals surface area contributed by atoms with Crippen LogP contribution in [0.2, 0.25) is 10.0 Å². The van der Waals surface area contributed by atoms with E-state index < -0.39 is 0 Å². The topological polar surface area (TPSA) is 63.0 Å². The molecule has 0 bridgehead atoms. The van der Waals surface area contributed by atoms with Gasteiger partial charge in [-0.1, -0.05) is 23.2 Å². The zero-order valence-electron chi connectivity index (χ0n) is 12.7. The van der Waals surface area contributed by atoms with Crippen molar-refractivity contribution in [3.63, 3.8) is 0 Å². The van der Waals surface area contributed by atoms with E-state index in [4.69, 9.17) is 27.6 Å². The number of benzene rings is 1. The first-order chi connectivity index (χ1) is 12.1. The fourth-order valence-electron chi connectivity index (χ4n) is 2.47. The maximum Gasteiger partial charge on any atom is 0.168 e. The summed E-state index contributed by atoms with van der Waals surface area (Å²) in [6, 6.07) is 11.8. The molecule has 0 fully saturated rings. The van der Waals surface area contributed by atoms with E-state index in [-0.39, 0.29) is 5.75 Å². The third-order valence-corrected chi connectivity index (χ3v) is 4.10. The Balaban J connectivity index is 1.89. The summed E-state index contributed by atoms with van der Waals surface area (Å²) in [6.45, 7) is 0. The van der Waals surface area contributed by atoms with Gasteiger partial charge >= 0.3 is 0 Å². The molecule has 7 heteroatoms. The number of imidazole rings is 1. The van der Waals surface area contributed by atoms with Crippen LogP contribution in [0, 0.1) is 0 Å². The Morgan fingerprint density at radius 3 is 2.76 bits per heavy atom. The van der Waals surface area contributed by atoms with Gasteiger partial charge in [0.15, 0.2) is 17.3 Å². The largest absolute Gasteiger partial charge is 0.507 e. The molecular weight excluding hydrogens is 361 g/mol. The lowest BCUT2D eigenvalue weighted by atomic mass is 10.2. The van der Waals surface area contributed by atoms with E-state index in [1.165, 1.54) is 12.3 Å². The highest BCUT2D eigenvalue weighted by Gasteiger charge is 2.15. The number of nitrogens with zero attached hydrogens (tertiary/aromatic N) is 3. The van der Waals surface area contributed by atoms with E-state index in [1.807, 2.05) is 0 Å². The van der Waals surface area contributed by atoms with Crippen LogP contribution in [0.5, 0.6) is 5.75 Å². The minimum Gasteiger partial charge on any atom is -0.507 e. The maximum atomic E-state index is 9.96. The molecule has 25 heavy (non-hydrogen) atoms. The SMILES string of the molecule is Oc1ccc(Cl)cc1/C=N/c1c(-c2ccco2)nc2cc(Cl)ccn12. The van der Waals surface area contributed by atoms with Crippen LogP contribution in [0.15, 0.2) is 64.3 Å². The molecule has 0 spiro atoms. The molecule has 0 aliphatic carbocycles. The number of hydrogen-bond donors (Lipinski definition) is 1. The second-order valence-corrected chi connectivity index (χ2v) is 6.17.